The Morgan fingerprint density at radius 3 is 2.44 bits per heavy atom. The van der Waals surface area contributed by atoms with Gasteiger partial charge in [-0.3, -0.25) is 0 Å². The molecule has 0 bridgehead atoms. The van der Waals surface area contributed by atoms with E-state index in [-0.39, 0.29) is 5.54 Å². The zero-order valence-corrected chi connectivity index (χ0v) is 16.3. The highest BCUT2D eigenvalue weighted by molar-refractivity contribution is 7.80. The second-order valence-electron chi connectivity index (χ2n) is 6.20. The Balaban J connectivity index is 1.78. The number of methoxy groups -OCH3 is 1. The molecule has 25 heavy (non-hydrogen) atoms. The summed E-state index contributed by atoms with van der Waals surface area (Å²) in [5, 5.41) is 8.59. The lowest BCUT2D eigenvalue weighted by Crippen LogP contribution is -2.45. The molecule has 0 aliphatic heterocycles. The zero-order valence-electron chi connectivity index (χ0n) is 13.9. The molecule has 1 saturated carbocycles. The van der Waals surface area contributed by atoms with Gasteiger partial charge in [0.1, 0.15) is 5.75 Å². The third kappa shape index (κ3) is 4.02. The van der Waals surface area contributed by atoms with Crippen LogP contribution in [0.5, 0.6) is 5.75 Å². The van der Waals surface area contributed by atoms with Crippen molar-refractivity contribution < 1.29 is 4.74 Å². The molecule has 0 radical (unpaired) electrons. The van der Waals surface area contributed by atoms with Gasteiger partial charge in [0.05, 0.1) is 17.7 Å². The average molecular weight is 395 g/mol. The molecule has 1 fully saturated rings. The topological polar surface area (TPSA) is 33.3 Å². The minimum atomic E-state index is -0.224. The largest absolute Gasteiger partial charge is 0.495 e. The van der Waals surface area contributed by atoms with Gasteiger partial charge in [-0.25, -0.2) is 0 Å². The number of hydrogen-bond donors (Lipinski definition) is 2. The lowest BCUT2D eigenvalue weighted by Gasteiger charge is -2.33. The summed E-state index contributed by atoms with van der Waals surface area (Å²) in [7, 11) is 1.59. The van der Waals surface area contributed by atoms with Crippen LogP contribution in [0.25, 0.3) is 0 Å². The molecular formula is C19H20Cl2N2OS. The summed E-state index contributed by atoms with van der Waals surface area (Å²) in [4.78, 5) is 0. The molecule has 6 heteroatoms. The summed E-state index contributed by atoms with van der Waals surface area (Å²) in [6.45, 7) is 0. The van der Waals surface area contributed by atoms with E-state index >= 15 is 0 Å². The van der Waals surface area contributed by atoms with Crippen molar-refractivity contribution in [3.63, 3.8) is 0 Å². The van der Waals surface area contributed by atoms with Crippen LogP contribution in [0.15, 0.2) is 42.5 Å². The van der Waals surface area contributed by atoms with Gasteiger partial charge in [-0.1, -0.05) is 54.2 Å². The van der Waals surface area contributed by atoms with Gasteiger partial charge in [-0.15, -0.1) is 0 Å². The fraction of sp³-hybridized carbons (Fsp3) is 0.316. The molecular weight excluding hydrogens is 375 g/mol. The maximum Gasteiger partial charge on any atom is 0.171 e. The lowest BCUT2D eigenvalue weighted by atomic mass is 9.88. The number of ether oxygens (including phenoxy) is 1. The molecule has 2 N–H and O–H groups in total. The molecule has 2 aromatic rings. The predicted molar refractivity (Wildman–Crippen MR) is 109 cm³/mol. The fourth-order valence-electron chi connectivity index (χ4n) is 3.41. The van der Waals surface area contributed by atoms with Crippen molar-refractivity contribution in [3.05, 3.63) is 58.1 Å². The first-order chi connectivity index (χ1) is 12.0. The lowest BCUT2D eigenvalue weighted by molar-refractivity contribution is 0.408. The van der Waals surface area contributed by atoms with Crippen molar-refractivity contribution >= 4 is 46.2 Å². The zero-order chi connectivity index (χ0) is 17.9. The molecule has 0 saturated heterocycles. The molecule has 0 spiro atoms. The summed E-state index contributed by atoms with van der Waals surface area (Å²) in [6.07, 6.45) is 4.30. The summed E-state index contributed by atoms with van der Waals surface area (Å²) < 4.78 is 5.18. The van der Waals surface area contributed by atoms with E-state index in [1.54, 1.807) is 13.2 Å². The highest BCUT2D eigenvalue weighted by atomic mass is 35.5. The van der Waals surface area contributed by atoms with Crippen molar-refractivity contribution in [1.82, 2.24) is 5.32 Å². The van der Waals surface area contributed by atoms with Gasteiger partial charge in [-0.05, 0) is 54.9 Å². The number of rotatable bonds is 4. The molecule has 3 nitrogen and oxygen atoms in total. The van der Waals surface area contributed by atoms with Gasteiger partial charge >= 0.3 is 0 Å². The molecule has 2 aromatic carbocycles. The second-order valence-corrected chi connectivity index (χ2v) is 7.42. The van der Waals surface area contributed by atoms with Gasteiger partial charge in [0.25, 0.3) is 0 Å². The van der Waals surface area contributed by atoms with Crippen LogP contribution < -0.4 is 15.4 Å². The van der Waals surface area contributed by atoms with Crippen molar-refractivity contribution in [2.24, 2.45) is 0 Å². The van der Waals surface area contributed by atoms with E-state index in [9.17, 15) is 0 Å². The van der Waals surface area contributed by atoms with Crippen molar-refractivity contribution in [2.75, 3.05) is 12.4 Å². The summed E-state index contributed by atoms with van der Waals surface area (Å²) in [6, 6.07) is 13.5. The third-order valence-electron chi connectivity index (χ3n) is 4.61. The van der Waals surface area contributed by atoms with Crippen LogP contribution in [0.1, 0.15) is 31.2 Å². The van der Waals surface area contributed by atoms with E-state index in [1.807, 2.05) is 30.3 Å². The average Bonchev–Trinajstić information content (AvgIpc) is 3.04. The van der Waals surface area contributed by atoms with E-state index in [2.05, 4.69) is 16.7 Å². The number of nitrogens with one attached hydrogen (secondary N) is 2. The van der Waals surface area contributed by atoms with Crippen LogP contribution in [-0.2, 0) is 5.54 Å². The molecule has 132 valence electrons. The fourth-order valence-corrected chi connectivity index (χ4v) is 4.30. The summed E-state index contributed by atoms with van der Waals surface area (Å²) in [5.74, 6) is 0.634. The van der Waals surface area contributed by atoms with Gasteiger partial charge in [0.2, 0.25) is 0 Å². The molecule has 0 atom stereocenters. The highest BCUT2D eigenvalue weighted by Crippen LogP contribution is 2.41. The monoisotopic (exact) mass is 394 g/mol. The van der Waals surface area contributed by atoms with Crippen molar-refractivity contribution in [2.45, 2.75) is 31.2 Å². The number of hydrogen-bond acceptors (Lipinski definition) is 2. The summed E-state index contributed by atoms with van der Waals surface area (Å²) >= 11 is 18.2. The molecule has 3 rings (SSSR count). The molecule has 0 unspecified atom stereocenters. The standard InChI is InChI=1S/C19H20Cl2N2OS/c1-24-17-9-8-13(12-16(17)21)22-18(25)23-19(10-4-5-11-19)14-6-2-3-7-15(14)20/h2-3,6-9,12H,4-5,10-11H2,1H3,(H2,22,23,25). The molecule has 1 aliphatic carbocycles. The van der Waals surface area contributed by atoms with E-state index < -0.39 is 0 Å². The molecule has 0 aromatic heterocycles. The number of benzene rings is 2. The molecule has 0 amide bonds. The molecule has 1 aliphatic rings. The van der Waals surface area contributed by atoms with Gasteiger partial charge in [0, 0.05) is 10.7 Å². The first kappa shape index (κ1) is 18.3. The maximum atomic E-state index is 6.46. The smallest absolute Gasteiger partial charge is 0.171 e. The minimum Gasteiger partial charge on any atom is -0.495 e. The summed E-state index contributed by atoms with van der Waals surface area (Å²) in [5.41, 5.74) is 1.69. The SMILES string of the molecule is COc1ccc(NC(=S)NC2(c3ccccc3Cl)CCCC2)cc1Cl. The van der Waals surface area contributed by atoms with Crippen LogP contribution in [0.3, 0.4) is 0 Å². The van der Waals surface area contributed by atoms with E-state index in [1.165, 1.54) is 0 Å². The Morgan fingerprint density at radius 1 is 1.08 bits per heavy atom. The van der Waals surface area contributed by atoms with Crippen LogP contribution in [-0.4, -0.2) is 12.2 Å². The normalized spacial score (nSPS) is 15.6. The van der Waals surface area contributed by atoms with Gasteiger partial charge < -0.3 is 15.4 Å². The van der Waals surface area contributed by atoms with Crippen LogP contribution in [0.2, 0.25) is 10.0 Å². The van der Waals surface area contributed by atoms with E-state index in [0.29, 0.717) is 15.9 Å². The number of anilines is 1. The number of thiocarbonyl (C=S) groups is 1. The van der Waals surface area contributed by atoms with Crippen LogP contribution >= 0.6 is 35.4 Å². The van der Waals surface area contributed by atoms with E-state index in [0.717, 1.165) is 42.0 Å². The third-order valence-corrected chi connectivity index (χ3v) is 5.44. The van der Waals surface area contributed by atoms with Gasteiger partial charge in [-0.2, -0.15) is 0 Å². The maximum absolute atomic E-state index is 6.46. The van der Waals surface area contributed by atoms with Crippen molar-refractivity contribution in [3.8, 4) is 5.75 Å². The van der Waals surface area contributed by atoms with E-state index in [4.69, 9.17) is 40.2 Å². The Hall–Kier alpha value is -1.49. The van der Waals surface area contributed by atoms with Crippen LogP contribution in [0.4, 0.5) is 5.69 Å². The second kappa shape index (κ2) is 7.81. The van der Waals surface area contributed by atoms with Crippen LogP contribution in [0, 0.1) is 0 Å². The van der Waals surface area contributed by atoms with Gasteiger partial charge in [0.15, 0.2) is 5.11 Å². The Morgan fingerprint density at radius 2 is 1.80 bits per heavy atom. The Kier molecular flexibility index (Phi) is 5.72. The molecule has 0 heterocycles. The first-order valence-corrected chi connectivity index (χ1v) is 9.38. The first-order valence-electron chi connectivity index (χ1n) is 8.22. The number of halogens is 2. The van der Waals surface area contributed by atoms with Crippen molar-refractivity contribution in [1.29, 1.82) is 0 Å². The predicted octanol–water partition coefficient (Wildman–Crippen LogP) is 5.76. The Labute approximate surface area is 163 Å². The quantitative estimate of drug-likeness (QED) is 0.645. The minimum absolute atomic E-state index is 0.224. The Bertz CT molecular complexity index is 776. The highest BCUT2D eigenvalue weighted by Gasteiger charge is 2.37.